The molecule has 114 valence electrons. The lowest BCUT2D eigenvalue weighted by Gasteiger charge is -2.58. The Morgan fingerprint density at radius 3 is 2.57 bits per heavy atom. The molecule has 1 aliphatic carbocycles. The van der Waals surface area contributed by atoms with Crippen LogP contribution in [0.3, 0.4) is 0 Å². The number of amides is 1. The van der Waals surface area contributed by atoms with E-state index in [1.807, 2.05) is 31.9 Å². The second kappa shape index (κ2) is 5.11. The predicted octanol–water partition coefficient (Wildman–Crippen LogP) is 3.80. The van der Waals surface area contributed by atoms with Crippen molar-refractivity contribution in [3.63, 3.8) is 0 Å². The Bertz CT molecular complexity index is 536. The second-order valence-corrected chi connectivity index (χ2v) is 8.59. The van der Waals surface area contributed by atoms with Gasteiger partial charge in [0.25, 0.3) is 0 Å². The minimum absolute atomic E-state index is 0.177. The molecular formula is C16H21IN2O2. The van der Waals surface area contributed by atoms with Crippen LogP contribution in [0.15, 0.2) is 18.3 Å². The van der Waals surface area contributed by atoms with Crippen molar-refractivity contribution in [1.82, 2.24) is 9.88 Å². The maximum atomic E-state index is 11.9. The Hall–Kier alpha value is -0.850. The van der Waals surface area contributed by atoms with E-state index >= 15 is 0 Å². The molecule has 2 aliphatic rings. The van der Waals surface area contributed by atoms with Gasteiger partial charge >= 0.3 is 6.09 Å². The zero-order chi connectivity index (χ0) is 15.3. The zero-order valence-electron chi connectivity index (χ0n) is 12.7. The van der Waals surface area contributed by atoms with Crippen molar-refractivity contribution in [3.8, 4) is 0 Å². The van der Waals surface area contributed by atoms with Crippen LogP contribution in [-0.2, 0) is 4.74 Å². The zero-order valence-corrected chi connectivity index (χ0v) is 14.9. The smallest absolute Gasteiger partial charge is 0.410 e. The highest BCUT2D eigenvalue weighted by molar-refractivity contribution is 14.1. The van der Waals surface area contributed by atoms with Crippen LogP contribution >= 0.6 is 22.6 Å². The Balaban J connectivity index is 1.50. The first-order valence-corrected chi connectivity index (χ1v) is 8.44. The number of nitrogens with zero attached hydrogens (tertiary/aromatic N) is 2. The van der Waals surface area contributed by atoms with E-state index in [1.54, 1.807) is 0 Å². The normalized spacial score (nSPS) is 20.9. The molecule has 2 heterocycles. The number of hydrogen-bond donors (Lipinski definition) is 0. The van der Waals surface area contributed by atoms with Crippen LogP contribution in [0.1, 0.15) is 45.2 Å². The summed E-state index contributed by atoms with van der Waals surface area (Å²) in [5, 5.41) is 0. The first-order valence-electron chi connectivity index (χ1n) is 7.36. The Morgan fingerprint density at radius 1 is 1.38 bits per heavy atom. The number of carbonyl (C=O) groups excluding carboxylic acids is 1. The lowest BCUT2D eigenvalue weighted by Crippen LogP contribution is -2.63. The van der Waals surface area contributed by atoms with Gasteiger partial charge in [-0.3, -0.25) is 4.98 Å². The van der Waals surface area contributed by atoms with Gasteiger partial charge in [-0.2, -0.15) is 0 Å². The first-order chi connectivity index (χ1) is 9.76. The van der Waals surface area contributed by atoms with Gasteiger partial charge in [0.05, 0.1) is 0 Å². The van der Waals surface area contributed by atoms with Gasteiger partial charge in [-0.1, -0.05) is 0 Å². The van der Waals surface area contributed by atoms with Gasteiger partial charge in [0.2, 0.25) is 0 Å². The van der Waals surface area contributed by atoms with E-state index in [4.69, 9.17) is 4.74 Å². The van der Waals surface area contributed by atoms with E-state index < -0.39 is 5.60 Å². The van der Waals surface area contributed by atoms with Crippen LogP contribution in [-0.4, -0.2) is 34.7 Å². The highest BCUT2D eigenvalue weighted by Crippen LogP contribution is 2.55. The van der Waals surface area contributed by atoms with Gasteiger partial charge in [0.15, 0.2) is 0 Å². The number of pyridine rings is 1. The quantitative estimate of drug-likeness (QED) is 0.674. The fourth-order valence-electron chi connectivity index (χ4n) is 3.30. The van der Waals surface area contributed by atoms with Crippen molar-refractivity contribution in [2.75, 3.05) is 13.1 Å². The molecular weight excluding hydrogens is 379 g/mol. The molecule has 1 saturated carbocycles. The molecule has 1 spiro atoms. The number of hydrogen-bond acceptors (Lipinski definition) is 3. The SMILES string of the molecule is CC(C)(C)OC(=O)N1CC2(CC(c3ccc(I)cn3)C2)C1. The fraction of sp³-hybridized carbons (Fsp3) is 0.625. The van der Waals surface area contributed by atoms with Crippen LogP contribution in [0.25, 0.3) is 0 Å². The van der Waals surface area contributed by atoms with Crippen LogP contribution in [0, 0.1) is 8.99 Å². The van der Waals surface area contributed by atoms with Crippen LogP contribution in [0.5, 0.6) is 0 Å². The molecule has 1 saturated heterocycles. The third kappa shape index (κ3) is 3.17. The number of carbonyl (C=O) groups is 1. The summed E-state index contributed by atoms with van der Waals surface area (Å²) >= 11 is 2.28. The monoisotopic (exact) mass is 400 g/mol. The van der Waals surface area contributed by atoms with E-state index in [1.165, 1.54) is 9.26 Å². The highest BCUT2D eigenvalue weighted by atomic mass is 127. The molecule has 0 radical (unpaired) electrons. The molecule has 3 rings (SSSR count). The molecule has 0 bridgehead atoms. The number of rotatable bonds is 1. The molecule has 4 nitrogen and oxygen atoms in total. The lowest BCUT2D eigenvalue weighted by molar-refractivity contribution is -0.0791. The van der Waals surface area contributed by atoms with Crippen LogP contribution in [0.4, 0.5) is 4.79 Å². The summed E-state index contributed by atoms with van der Waals surface area (Å²) in [4.78, 5) is 18.3. The summed E-state index contributed by atoms with van der Waals surface area (Å²) in [6.07, 6.45) is 4.03. The van der Waals surface area contributed by atoms with Gasteiger partial charge in [0, 0.05) is 39.9 Å². The van der Waals surface area contributed by atoms with E-state index in [-0.39, 0.29) is 6.09 Å². The van der Waals surface area contributed by atoms with Crippen LogP contribution in [0.2, 0.25) is 0 Å². The highest BCUT2D eigenvalue weighted by Gasteiger charge is 2.54. The van der Waals surface area contributed by atoms with E-state index in [0.717, 1.165) is 25.9 Å². The molecule has 0 aromatic carbocycles. The van der Waals surface area contributed by atoms with Crippen molar-refractivity contribution >= 4 is 28.7 Å². The summed E-state index contributed by atoms with van der Waals surface area (Å²) in [6.45, 7) is 7.39. The second-order valence-electron chi connectivity index (χ2n) is 7.34. The van der Waals surface area contributed by atoms with Crippen molar-refractivity contribution < 1.29 is 9.53 Å². The molecule has 0 N–H and O–H groups in total. The summed E-state index contributed by atoms with van der Waals surface area (Å²) in [7, 11) is 0. The maximum Gasteiger partial charge on any atom is 0.410 e. The summed E-state index contributed by atoms with van der Waals surface area (Å²) in [6, 6.07) is 4.24. The average Bonchev–Trinajstić information content (AvgIpc) is 2.25. The minimum Gasteiger partial charge on any atom is -0.444 e. The topological polar surface area (TPSA) is 42.4 Å². The van der Waals surface area contributed by atoms with E-state index in [2.05, 4.69) is 39.7 Å². The Labute approximate surface area is 139 Å². The van der Waals surface area contributed by atoms with Gasteiger partial charge in [-0.15, -0.1) is 0 Å². The van der Waals surface area contributed by atoms with Gasteiger partial charge in [-0.25, -0.2) is 4.79 Å². The fourth-order valence-corrected chi connectivity index (χ4v) is 3.62. The molecule has 0 atom stereocenters. The van der Waals surface area contributed by atoms with Crippen LogP contribution < -0.4 is 0 Å². The predicted molar refractivity (Wildman–Crippen MR) is 89.2 cm³/mol. The molecule has 21 heavy (non-hydrogen) atoms. The third-order valence-corrected chi connectivity index (χ3v) is 4.87. The van der Waals surface area contributed by atoms with Gasteiger partial charge in [-0.05, 0) is 68.3 Å². The summed E-state index contributed by atoms with van der Waals surface area (Å²) in [5.41, 5.74) is 1.11. The average molecular weight is 400 g/mol. The van der Waals surface area contributed by atoms with Crippen molar-refractivity contribution in [1.29, 1.82) is 0 Å². The van der Waals surface area contributed by atoms with Crippen molar-refractivity contribution in [2.45, 2.75) is 45.1 Å². The Kier molecular flexibility index (Phi) is 3.66. The first kappa shape index (κ1) is 15.1. The minimum atomic E-state index is -0.410. The molecule has 1 amide bonds. The lowest BCUT2D eigenvalue weighted by atomic mass is 9.57. The maximum absolute atomic E-state index is 11.9. The van der Waals surface area contributed by atoms with E-state index in [9.17, 15) is 4.79 Å². The molecule has 1 aromatic heterocycles. The summed E-state index contributed by atoms with van der Waals surface area (Å²) < 4.78 is 6.57. The van der Waals surface area contributed by atoms with Crippen molar-refractivity contribution in [3.05, 3.63) is 27.6 Å². The van der Waals surface area contributed by atoms with E-state index in [0.29, 0.717) is 11.3 Å². The van der Waals surface area contributed by atoms with Crippen molar-refractivity contribution in [2.24, 2.45) is 5.41 Å². The largest absolute Gasteiger partial charge is 0.444 e. The molecule has 5 heteroatoms. The number of likely N-dealkylation sites (tertiary alicyclic amines) is 1. The molecule has 0 unspecified atom stereocenters. The number of halogens is 1. The molecule has 2 fully saturated rings. The third-order valence-electron chi connectivity index (χ3n) is 4.23. The Morgan fingerprint density at radius 2 is 2.05 bits per heavy atom. The standard InChI is InChI=1S/C16H21IN2O2/c1-15(2,3)21-14(20)19-9-16(10-19)6-11(7-16)13-5-4-12(17)8-18-13/h4-5,8,11H,6-7,9-10H2,1-3H3. The van der Waals surface area contributed by atoms with Gasteiger partial charge in [0.1, 0.15) is 5.60 Å². The van der Waals surface area contributed by atoms with Gasteiger partial charge < -0.3 is 9.64 Å². The number of aromatic nitrogens is 1. The molecule has 1 aromatic rings. The summed E-state index contributed by atoms with van der Waals surface area (Å²) in [5.74, 6) is 0.558. The number of ether oxygens (including phenoxy) is 1. The molecule has 1 aliphatic heterocycles.